The highest BCUT2D eigenvalue weighted by Gasteiger charge is 2.43. The van der Waals surface area contributed by atoms with E-state index in [0.29, 0.717) is 13.0 Å². The molecule has 1 amide bonds. The van der Waals surface area contributed by atoms with E-state index in [-0.39, 0.29) is 11.3 Å². The maximum atomic E-state index is 12.4. The average molecular weight is 247 g/mol. The summed E-state index contributed by atoms with van der Waals surface area (Å²) in [4.78, 5) is 13.6. The number of terminal acetylenes is 1. The van der Waals surface area contributed by atoms with Crippen molar-refractivity contribution in [3.05, 3.63) is 22.4 Å². The van der Waals surface area contributed by atoms with Gasteiger partial charge in [-0.3, -0.25) is 4.79 Å². The Balaban J connectivity index is 2.12. The minimum Gasteiger partial charge on any atom is -0.354 e. The van der Waals surface area contributed by atoms with Gasteiger partial charge in [0.25, 0.3) is 0 Å². The first-order valence-corrected chi connectivity index (χ1v) is 6.93. The topological polar surface area (TPSA) is 29.1 Å². The number of hydrogen-bond donors (Lipinski definition) is 1. The summed E-state index contributed by atoms with van der Waals surface area (Å²) in [5, 5.41) is 5.03. The second-order valence-electron chi connectivity index (χ2n) is 4.48. The molecule has 2 nitrogen and oxygen atoms in total. The van der Waals surface area contributed by atoms with E-state index in [2.05, 4.69) is 17.3 Å². The minimum absolute atomic E-state index is 0.160. The van der Waals surface area contributed by atoms with E-state index < -0.39 is 0 Å². The Morgan fingerprint density at radius 3 is 2.88 bits per heavy atom. The fraction of sp³-hybridized carbons (Fsp3) is 0.500. The molecule has 1 heterocycles. The minimum atomic E-state index is -0.275. The van der Waals surface area contributed by atoms with Crippen LogP contribution in [0.2, 0.25) is 0 Å². The molecule has 1 N–H and O–H groups in total. The summed E-state index contributed by atoms with van der Waals surface area (Å²) in [7, 11) is 0. The van der Waals surface area contributed by atoms with Crippen LogP contribution in [0.4, 0.5) is 0 Å². The highest BCUT2D eigenvalue weighted by atomic mass is 32.1. The van der Waals surface area contributed by atoms with Crippen LogP contribution in [0.5, 0.6) is 0 Å². The van der Waals surface area contributed by atoms with Gasteiger partial charge in [-0.2, -0.15) is 0 Å². The van der Waals surface area contributed by atoms with Crippen LogP contribution in [-0.4, -0.2) is 12.5 Å². The molecule has 0 aliphatic heterocycles. The molecule has 1 saturated carbocycles. The number of rotatable bonds is 4. The quantitative estimate of drug-likeness (QED) is 0.643. The molecule has 0 spiro atoms. The van der Waals surface area contributed by atoms with Gasteiger partial charge >= 0.3 is 0 Å². The Morgan fingerprint density at radius 1 is 1.53 bits per heavy atom. The molecule has 0 unspecified atom stereocenters. The second kappa shape index (κ2) is 5.37. The molecular weight excluding hydrogens is 230 g/mol. The van der Waals surface area contributed by atoms with E-state index >= 15 is 0 Å². The summed E-state index contributed by atoms with van der Waals surface area (Å²) in [5.74, 6) is 2.71. The van der Waals surface area contributed by atoms with Crippen molar-refractivity contribution < 1.29 is 4.79 Å². The van der Waals surface area contributed by atoms with E-state index in [1.165, 1.54) is 4.88 Å². The predicted molar refractivity (Wildman–Crippen MR) is 70.9 cm³/mol. The van der Waals surface area contributed by atoms with Crippen LogP contribution in [0.1, 0.15) is 37.0 Å². The first-order valence-electron chi connectivity index (χ1n) is 6.05. The average Bonchev–Trinajstić information content (AvgIpc) is 3.00. The SMILES string of the molecule is C#CCCNC(=O)C1(c2cccs2)CCCC1. The molecule has 1 aliphatic rings. The van der Waals surface area contributed by atoms with Crippen LogP contribution in [-0.2, 0) is 10.2 Å². The van der Waals surface area contributed by atoms with Crippen LogP contribution in [0.3, 0.4) is 0 Å². The fourth-order valence-electron chi connectivity index (χ4n) is 2.53. The molecule has 2 rings (SSSR count). The van der Waals surface area contributed by atoms with Gasteiger partial charge in [0.1, 0.15) is 0 Å². The summed E-state index contributed by atoms with van der Waals surface area (Å²) in [6.07, 6.45) is 10.0. The number of amides is 1. The molecule has 17 heavy (non-hydrogen) atoms. The monoisotopic (exact) mass is 247 g/mol. The summed E-state index contributed by atoms with van der Waals surface area (Å²) in [6.45, 7) is 0.586. The lowest BCUT2D eigenvalue weighted by Crippen LogP contribution is -2.42. The van der Waals surface area contributed by atoms with Gasteiger partial charge in [-0.15, -0.1) is 23.7 Å². The van der Waals surface area contributed by atoms with Gasteiger partial charge in [0.05, 0.1) is 5.41 Å². The van der Waals surface area contributed by atoms with Crippen molar-refractivity contribution in [3.8, 4) is 12.3 Å². The largest absolute Gasteiger partial charge is 0.354 e. The lowest BCUT2D eigenvalue weighted by molar-refractivity contribution is -0.126. The molecular formula is C14H17NOS. The molecule has 0 atom stereocenters. The highest BCUT2D eigenvalue weighted by molar-refractivity contribution is 7.10. The summed E-state index contributed by atoms with van der Waals surface area (Å²) < 4.78 is 0. The zero-order chi connectivity index (χ0) is 12.1. The molecule has 1 aromatic heterocycles. The van der Waals surface area contributed by atoms with Crippen LogP contribution in [0.25, 0.3) is 0 Å². The van der Waals surface area contributed by atoms with Gasteiger partial charge in [0.15, 0.2) is 0 Å². The third-order valence-corrected chi connectivity index (χ3v) is 4.51. The predicted octanol–water partition coefficient (Wildman–Crippen LogP) is 2.70. The van der Waals surface area contributed by atoms with Crippen molar-refractivity contribution in [3.63, 3.8) is 0 Å². The number of carbonyl (C=O) groups is 1. The van der Waals surface area contributed by atoms with Crippen LogP contribution in [0, 0.1) is 12.3 Å². The summed E-state index contributed by atoms with van der Waals surface area (Å²) in [5.41, 5.74) is -0.275. The van der Waals surface area contributed by atoms with Gasteiger partial charge in [-0.1, -0.05) is 18.9 Å². The van der Waals surface area contributed by atoms with E-state index in [0.717, 1.165) is 25.7 Å². The van der Waals surface area contributed by atoms with Crippen LogP contribution >= 0.6 is 11.3 Å². The lowest BCUT2D eigenvalue weighted by Gasteiger charge is -2.26. The van der Waals surface area contributed by atoms with Crippen molar-refractivity contribution in [1.82, 2.24) is 5.32 Å². The van der Waals surface area contributed by atoms with E-state index in [9.17, 15) is 4.79 Å². The third-order valence-electron chi connectivity index (χ3n) is 3.44. The van der Waals surface area contributed by atoms with Crippen molar-refractivity contribution in [2.24, 2.45) is 0 Å². The standard InChI is InChI=1S/C14H17NOS/c1-2-3-10-15-13(16)14(8-4-5-9-14)12-7-6-11-17-12/h1,6-7,11H,3-5,8-10H2,(H,15,16). The van der Waals surface area contributed by atoms with Gasteiger partial charge in [0, 0.05) is 17.8 Å². The third kappa shape index (κ3) is 2.37. The smallest absolute Gasteiger partial charge is 0.231 e. The maximum absolute atomic E-state index is 12.4. The maximum Gasteiger partial charge on any atom is 0.231 e. The van der Waals surface area contributed by atoms with E-state index in [1.54, 1.807) is 11.3 Å². The van der Waals surface area contributed by atoms with Crippen LogP contribution < -0.4 is 5.32 Å². The molecule has 90 valence electrons. The number of hydrogen-bond acceptors (Lipinski definition) is 2. The second-order valence-corrected chi connectivity index (χ2v) is 5.42. The fourth-order valence-corrected chi connectivity index (χ4v) is 3.52. The molecule has 3 heteroatoms. The Labute approximate surface area is 106 Å². The van der Waals surface area contributed by atoms with Crippen LogP contribution in [0.15, 0.2) is 17.5 Å². The zero-order valence-electron chi connectivity index (χ0n) is 9.87. The van der Waals surface area contributed by atoms with E-state index in [1.807, 2.05) is 11.4 Å². The van der Waals surface area contributed by atoms with Crippen molar-refractivity contribution >= 4 is 17.2 Å². The summed E-state index contributed by atoms with van der Waals surface area (Å²) >= 11 is 1.69. The van der Waals surface area contributed by atoms with Gasteiger partial charge < -0.3 is 5.32 Å². The Morgan fingerprint density at radius 2 is 2.29 bits per heavy atom. The van der Waals surface area contributed by atoms with Gasteiger partial charge in [-0.05, 0) is 24.3 Å². The first kappa shape index (κ1) is 12.2. The van der Waals surface area contributed by atoms with Gasteiger partial charge in [0.2, 0.25) is 5.91 Å². The Kier molecular flexibility index (Phi) is 3.86. The van der Waals surface area contributed by atoms with Crippen molar-refractivity contribution in [2.45, 2.75) is 37.5 Å². The van der Waals surface area contributed by atoms with Gasteiger partial charge in [-0.25, -0.2) is 0 Å². The number of thiophene rings is 1. The molecule has 0 radical (unpaired) electrons. The number of nitrogens with one attached hydrogen (secondary N) is 1. The van der Waals surface area contributed by atoms with Crippen molar-refractivity contribution in [1.29, 1.82) is 0 Å². The highest BCUT2D eigenvalue weighted by Crippen LogP contribution is 2.43. The zero-order valence-corrected chi connectivity index (χ0v) is 10.7. The lowest BCUT2D eigenvalue weighted by atomic mass is 9.83. The Hall–Kier alpha value is -1.27. The van der Waals surface area contributed by atoms with E-state index in [4.69, 9.17) is 6.42 Å². The summed E-state index contributed by atoms with van der Waals surface area (Å²) in [6, 6.07) is 4.10. The molecule has 1 aliphatic carbocycles. The molecule has 0 bridgehead atoms. The molecule has 1 fully saturated rings. The Bertz CT molecular complexity index is 410. The van der Waals surface area contributed by atoms with Crippen molar-refractivity contribution in [2.75, 3.05) is 6.54 Å². The normalized spacial score (nSPS) is 17.6. The number of carbonyl (C=O) groups excluding carboxylic acids is 1. The molecule has 0 saturated heterocycles. The first-order chi connectivity index (χ1) is 8.29. The molecule has 0 aromatic carbocycles. The molecule has 1 aromatic rings.